The van der Waals surface area contributed by atoms with Crippen molar-refractivity contribution in [3.63, 3.8) is 0 Å². The molecule has 4 nitrogen and oxygen atoms in total. The molecule has 100 valence electrons. The Hall–Kier alpha value is -1.69. The van der Waals surface area contributed by atoms with Crippen molar-refractivity contribution in [2.45, 2.75) is 19.4 Å². The van der Waals surface area contributed by atoms with Gasteiger partial charge >= 0.3 is 0 Å². The van der Waals surface area contributed by atoms with Gasteiger partial charge in [-0.15, -0.1) is 0 Å². The first kappa shape index (κ1) is 14.4. The monoisotopic (exact) mass is 258 g/mol. The molecule has 1 aromatic rings. The third-order valence-corrected chi connectivity index (χ3v) is 2.14. The number of carbonyl (C=O) groups excluding carboxylic acids is 1. The normalized spacial score (nSPS) is 10.4. The topological polar surface area (TPSA) is 64.4 Å². The minimum absolute atomic E-state index is 0.142. The fourth-order valence-corrected chi connectivity index (χ4v) is 1.32. The number of halogens is 2. The van der Waals surface area contributed by atoms with Gasteiger partial charge in [0.15, 0.2) is 0 Å². The summed E-state index contributed by atoms with van der Waals surface area (Å²) in [4.78, 5) is 11.2. The number of rotatable bonds is 7. The summed E-state index contributed by atoms with van der Waals surface area (Å²) < 4.78 is 28.8. The summed E-state index contributed by atoms with van der Waals surface area (Å²) in [5.41, 5.74) is 6.02. The van der Waals surface area contributed by atoms with E-state index in [0.29, 0.717) is 18.8 Å². The summed E-state index contributed by atoms with van der Waals surface area (Å²) in [6.45, 7) is -0.0168. The summed E-state index contributed by atoms with van der Waals surface area (Å²) in [5.74, 6) is 0.220. The molecular weight excluding hydrogens is 242 g/mol. The molecule has 0 aliphatic carbocycles. The van der Waals surface area contributed by atoms with Gasteiger partial charge in [0, 0.05) is 19.5 Å². The van der Waals surface area contributed by atoms with Crippen molar-refractivity contribution in [1.82, 2.24) is 5.32 Å². The van der Waals surface area contributed by atoms with E-state index in [1.165, 1.54) is 0 Å². The third-order valence-electron chi connectivity index (χ3n) is 2.14. The number of alkyl halides is 2. The van der Waals surface area contributed by atoms with E-state index < -0.39 is 13.0 Å². The molecule has 1 amide bonds. The zero-order chi connectivity index (χ0) is 13.4. The molecule has 0 bridgehead atoms. The van der Waals surface area contributed by atoms with E-state index in [2.05, 4.69) is 5.32 Å². The zero-order valence-corrected chi connectivity index (χ0v) is 9.86. The van der Waals surface area contributed by atoms with E-state index in [1.807, 2.05) is 0 Å². The number of nitrogens with two attached hydrogens (primary N) is 1. The highest BCUT2D eigenvalue weighted by atomic mass is 19.3. The van der Waals surface area contributed by atoms with Gasteiger partial charge in [-0.05, 0) is 17.7 Å². The Morgan fingerprint density at radius 2 is 2.22 bits per heavy atom. The van der Waals surface area contributed by atoms with Crippen LogP contribution in [-0.2, 0) is 11.3 Å². The SMILES string of the molecule is NCCC(=O)NCc1cccc(OCC(F)F)c1. The molecule has 0 aromatic heterocycles. The molecule has 3 N–H and O–H groups in total. The molecule has 0 aliphatic heterocycles. The molecule has 0 fully saturated rings. The van der Waals surface area contributed by atoms with E-state index in [9.17, 15) is 13.6 Å². The van der Waals surface area contributed by atoms with Crippen molar-refractivity contribution < 1.29 is 18.3 Å². The molecule has 1 aromatic carbocycles. The van der Waals surface area contributed by atoms with Crippen molar-refractivity contribution >= 4 is 5.91 Å². The Kier molecular flexibility index (Phi) is 6.07. The second-order valence-corrected chi connectivity index (χ2v) is 3.66. The molecular formula is C12H16F2N2O2. The van der Waals surface area contributed by atoms with Gasteiger partial charge in [-0.2, -0.15) is 0 Å². The second-order valence-electron chi connectivity index (χ2n) is 3.66. The Bertz CT molecular complexity index is 386. The van der Waals surface area contributed by atoms with Crippen LogP contribution < -0.4 is 15.8 Å². The first-order chi connectivity index (χ1) is 8.61. The average Bonchev–Trinajstić information content (AvgIpc) is 2.35. The largest absolute Gasteiger partial charge is 0.488 e. The van der Waals surface area contributed by atoms with Gasteiger partial charge in [0.25, 0.3) is 6.43 Å². The van der Waals surface area contributed by atoms with E-state index in [1.54, 1.807) is 24.3 Å². The van der Waals surface area contributed by atoms with Gasteiger partial charge in [0.05, 0.1) is 0 Å². The van der Waals surface area contributed by atoms with Crippen LogP contribution in [0, 0.1) is 0 Å². The summed E-state index contributed by atoms with van der Waals surface area (Å²) in [5, 5.41) is 2.67. The van der Waals surface area contributed by atoms with Crippen LogP contribution in [0.3, 0.4) is 0 Å². The molecule has 0 saturated heterocycles. The van der Waals surface area contributed by atoms with Gasteiger partial charge < -0.3 is 15.8 Å². The molecule has 0 aliphatic rings. The van der Waals surface area contributed by atoms with Crippen LogP contribution in [0.15, 0.2) is 24.3 Å². The predicted octanol–water partition coefficient (Wildman–Crippen LogP) is 1.30. The quantitative estimate of drug-likeness (QED) is 0.774. The van der Waals surface area contributed by atoms with Crippen LogP contribution in [0.4, 0.5) is 8.78 Å². The lowest BCUT2D eigenvalue weighted by molar-refractivity contribution is -0.121. The van der Waals surface area contributed by atoms with E-state index in [-0.39, 0.29) is 12.3 Å². The standard InChI is InChI=1S/C12H16F2N2O2/c13-11(14)8-18-10-3-1-2-9(6-10)7-16-12(17)4-5-15/h1-3,6,11H,4-5,7-8,15H2,(H,16,17). The molecule has 0 spiro atoms. The van der Waals surface area contributed by atoms with Crippen LogP contribution in [-0.4, -0.2) is 25.5 Å². The minimum Gasteiger partial charge on any atom is -0.488 e. The first-order valence-electron chi connectivity index (χ1n) is 5.58. The van der Waals surface area contributed by atoms with Gasteiger partial charge in [-0.25, -0.2) is 8.78 Å². The molecule has 18 heavy (non-hydrogen) atoms. The van der Waals surface area contributed by atoms with Crippen LogP contribution in [0.5, 0.6) is 5.75 Å². The molecule has 0 radical (unpaired) electrons. The van der Waals surface area contributed by atoms with Crippen LogP contribution in [0.2, 0.25) is 0 Å². The Morgan fingerprint density at radius 3 is 2.89 bits per heavy atom. The maximum Gasteiger partial charge on any atom is 0.272 e. The van der Waals surface area contributed by atoms with Crippen LogP contribution in [0.1, 0.15) is 12.0 Å². The minimum atomic E-state index is -2.50. The first-order valence-corrected chi connectivity index (χ1v) is 5.58. The maximum atomic E-state index is 12.0. The van der Waals surface area contributed by atoms with Gasteiger partial charge in [0.2, 0.25) is 5.91 Å². The summed E-state index contributed by atoms with van der Waals surface area (Å²) >= 11 is 0. The molecule has 0 unspecified atom stereocenters. The lowest BCUT2D eigenvalue weighted by Gasteiger charge is -2.08. The smallest absolute Gasteiger partial charge is 0.272 e. The summed E-state index contributed by atoms with van der Waals surface area (Å²) in [6, 6.07) is 6.67. The summed E-state index contributed by atoms with van der Waals surface area (Å²) in [6.07, 6.45) is -2.24. The number of hydrogen-bond donors (Lipinski definition) is 2. The Morgan fingerprint density at radius 1 is 1.44 bits per heavy atom. The highest BCUT2D eigenvalue weighted by molar-refractivity contribution is 5.76. The van der Waals surface area contributed by atoms with Crippen molar-refractivity contribution in [3.05, 3.63) is 29.8 Å². The van der Waals surface area contributed by atoms with Crippen molar-refractivity contribution in [2.75, 3.05) is 13.2 Å². The lowest BCUT2D eigenvalue weighted by atomic mass is 10.2. The highest BCUT2D eigenvalue weighted by Gasteiger charge is 2.04. The van der Waals surface area contributed by atoms with Gasteiger partial charge in [-0.3, -0.25) is 4.79 Å². The number of benzene rings is 1. The highest BCUT2D eigenvalue weighted by Crippen LogP contribution is 2.14. The molecule has 0 heterocycles. The van der Waals surface area contributed by atoms with Crippen molar-refractivity contribution in [3.8, 4) is 5.75 Å². The summed E-state index contributed by atoms with van der Waals surface area (Å²) in [7, 11) is 0. The third kappa shape index (κ3) is 5.58. The molecule has 0 atom stereocenters. The van der Waals surface area contributed by atoms with E-state index in [4.69, 9.17) is 10.5 Å². The fraction of sp³-hybridized carbons (Fsp3) is 0.417. The Balaban J connectivity index is 2.46. The number of amides is 1. The van der Waals surface area contributed by atoms with E-state index in [0.717, 1.165) is 5.56 Å². The van der Waals surface area contributed by atoms with Crippen LogP contribution >= 0.6 is 0 Å². The molecule has 6 heteroatoms. The molecule has 1 rings (SSSR count). The lowest BCUT2D eigenvalue weighted by Crippen LogP contribution is -2.24. The molecule has 0 saturated carbocycles. The number of nitrogens with one attached hydrogen (secondary N) is 1. The van der Waals surface area contributed by atoms with Crippen molar-refractivity contribution in [2.24, 2.45) is 5.73 Å². The zero-order valence-electron chi connectivity index (χ0n) is 9.86. The average molecular weight is 258 g/mol. The predicted molar refractivity (Wildman–Crippen MR) is 63.5 cm³/mol. The Labute approximate surface area is 104 Å². The van der Waals surface area contributed by atoms with Gasteiger partial charge in [0.1, 0.15) is 12.4 Å². The number of carbonyl (C=O) groups is 1. The fourth-order valence-electron chi connectivity index (χ4n) is 1.32. The van der Waals surface area contributed by atoms with Crippen LogP contribution in [0.25, 0.3) is 0 Å². The van der Waals surface area contributed by atoms with E-state index >= 15 is 0 Å². The maximum absolute atomic E-state index is 12.0. The number of hydrogen-bond acceptors (Lipinski definition) is 3. The van der Waals surface area contributed by atoms with Gasteiger partial charge in [-0.1, -0.05) is 12.1 Å². The van der Waals surface area contributed by atoms with Crippen molar-refractivity contribution in [1.29, 1.82) is 0 Å². The second kappa shape index (κ2) is 7.60. The number of ether oxygens (including phenoxy) is 1.